The van der Waals surface area contributed by atoms with E-state index in [0.717, 1.165) is 29.9 Å². The van der Waals surface area contributed by atoms with Gasteiger partial charge < -0.3 is 5.73 Å². The van der Waals surface area contributed by atoms with Gasteiger partial charge in [0.25, 0.3) is 0 Å². The van der Waals surface area contributed by atoms with Gasteiger partial charge in [0.1, 0.15) is 0 Å². The molecule has 20 heavy (non-hydrogen) atoms. The molecule has 1 atom stereocenters. The molecule has 110 valence electrons. The van der Waals surface area contributed by atoms with Crippen LogP contribution in [0.25, 0.3) is 0 Å². The maximum absolute atomic E-state index is 6.20. The van der Waals surface area contributed by atoms with Gasteiger partial charge in [-0.1, -0.05) is 6.92 Å². The molecule has 5 aliphatic carbocycles. The topological polar surface area (TPSA) is 38.4 Å². The lowest BCUT2D eigenvalue weighted by atomic mass is 9.53. The molecule has 4 saturated carbocycles. The Morgan fingerprint density at radius 1 is 1.05 bits per heavy atom. The molecule has 0 aliphatic heterocycles. The molecule has 0 aromatic heterocycles. The number of nitrogens with two attached hydrogens (primary N) is 1. The zero-order chi connectivity index (χ0) is 13.9. The van der Waals surface area contributed by atoms with Crippen molar-refractivity contribution in [3.8, 4) is 0 Å². The second-order valence-corrected chi connectivity index (χ2v) is 8.23. The Morgan fingerprint density at radius 3 is 2.15 bits per heavy atom. The molecule has 5 rings (SSSR count). The van der Waals surface area contributed by atoms with Crippen LogP contribution < -0.4 is 5.73 Å². The van der Waals surface area contributed by atoms with Crippen LogP contribution in [0.4, 0.5) is 0 Å². The Balaban J connectivity index is 1.70. The number of aliphatic imine (C=N–C) groups is 1. The number of hydrogen-bond acceptors (Lipinski definition) is 2. The van der Waals surface area contributed by atoms with E-state index in [4.69, 9.17) is 10.7 Å². The lowest BCUT2D eigenvalue weighted by Gasteiger charge is -2.55. The molecule has 0 radical (unpaired) electrons. The first kappa shape index (κ1) is 12.9. The fourth-order valence-corrected chi connectivity index (χ4v) is 5.88. The third-order valence-electron chi connectivity index (χ3n) is 6.54. The van der Waals surface area contributed by atoms with Crippen LogP contribution in [0.3, 0.4) is 0 Å². The van der Waals surface area contributed by atoms with Crippen molar-refractivity contribution < 1.29 is 0 Å². The van der Waals surface area contributed by atoms with E-state index in [1.807, 2.05) is 0 Å². The van der Waals surface area contributed by atoms with Gasteiger partial charge in [-0.2, -0.15) is 0 Å². The average Bonchev–Trinajstić information content (AvgIpc) is 2.38. The SMILES string of the molecule is CC1=C(N)CCC(C)C1=NC12CC3CC(CC(C3)C1)C2. The first-order valence-corrected chi connectivity index (χ1v) is 8.60. The van der Waals surface area contributed by atoms with Crippen LogP contribution in [0.2, 0.25) is 0 Å². The lowest BCUT2D eigenvalue weighted by Crippen LogP contribution is -2.50. The molecule has 2 nitrogen and oxygen atoms in total. The Morgan fingerprint density at radius 2 is 1.60 bits per heavy atom. The van der Waals surface area contributed by atoms with E-state index in [2.05, 4.69) is 13.8 Å². The van der Waals surface area contributed by atoms with E-state index >= 15 is 0 Å². The molecule has 0 spiro atoms. The number of rotatable bonds is 1. The lowest BCUT2D eigenvalue weighted by molar-refractivity contribution is 0.00147. The largest absolute Gasteiger partial charge is 0.402 e. The molecule has 0 amide bonds. The van der Waals surface area contributed by atoms with Gasteiger partial charge in [0, 0.05) is 11.4 Å². The number of hydrogen-bond donors (Lipinski definition) is 1. The van der Waals surface area contributed by atoms with Crippen LogP contribution in [0.1, 0.15) is 65.2 Å². The molecule has 2 N–H and O–H groups in total. The van der Waals surface area contributed by atoms with Crippen LogP contribution in [0, 0.1) is 23.7 Å². The molecule has 2 heteroatoms. The maximum Gasteiger partial charge on any atom is 0.0619 e. The molecule has 4 fully saturated rings. The predicted octanol–water partition coefficient (Wildman–Crippen LogP) is 4.06. The Labute approximate surface area is 122 Å². The van der Waals surface area contributed by atoms with Crippen LogP contribution in [0.5, 0.6) is 0 Å². The highest BCUT2D eigenvalue weighted by Crippen LogP contribution is 2.57. The average molecular weight is 272 g/mol. The van der Waals surface area contributed by atoms with E-state index in [-0.39, 0.29) is 0 Å². The van der Waals surface area contributed by atoms with Crippen molar-refractivity contribution in [2.75, 3.05) is 0 Å². The maximum atomic E-state index is 6.20. The van der Waals surface area contributed by atoms with Gasteiger partial charge in [0.15, 0.2) is 0 Å². The molecule has 5 aliphatic rings. The Kier molecular flexibility index (Phi) is 2.81. The third kappa shape index (κ3) is 1.95. The molecule has 0 heterocycles. The predicted molar refractivity (Wildman–Crippen MR) is 83.6 cm³/mol. The first-order chi connectivity index (χ1) is 9.55. The number of nitrogens with zero attached hydrogens (tertiary/aromatic N) is 1. The third-order valence-corrected chi connectivity index (χ3v) is 6.54. The molecule has 0 aromatic carbocycles. The minimum atomic E-state index is 0.303. The van der Waals surface area contributed by atoms with Crippen molar-refractivity contribution in [3.63, 3.8) is 0 Å². The summed E-state index contributed by atoms with van der Waals surface area (Å²) >= 11 is 0. The van der Waals surface area contributed by atoms with Gasteiger partial charge >= 0.3 is 0 Å². The van der Waals surface area contributed by atoms with E-state index < -0.39 is 0 Å². The zero-order valence-electron chi connectivity index (χ0n) is 13.0. The minimum absolute atomic E-state index is 0.303. The summed E-state index contributed by atoms with van der Waals surface area (Å²) < 4.78 is 0. The summed E-state index contributed by atoms with van der Waals surface area (Å²) in [4.78, 5) is 5.42. The smallest absolute Gasteiger partial charge is 0.0619 e. The molecule has 0 saturated heterocycles. The first-order valence-electron chi connectivity index (χ1n) is 8.60. The summed E-state index contributed by atoms with van der Waals surface area (Å²) in [6, 6.07) is 0. The van der Waals surface area contributed by atoms with Crippen molar-refractivity contribution >= 4 is 5.71 Å². The van der Waals surface area contributed by atoms with Crippen molar-refractivity contribution in [2.45, 2.75) is 70.8 Å². The van der Waals surface area contributed by atoms with E-state index in [9.17, 15) is 0 Å². The summed E-state index contributed by atoms with van der Waals surface area (Å²) in [7, 11) is 0. The highest BCUT2D eigenvalue weighted by molar-refractivity contribution is 6.02. The molecular weight excluding hydrogens is 244 g/mol. The Hall–Kier alpha value is -0.790. The van der Waals surface area contributed by atoms with Crippen molar-refractivity contribution in [1.29, 1.82) is 0 Å². The van der Waals surface area contributed by atoms with Crippen LogP contribution >= 0.6 is 0 Å². The summed E-state index contributed by atoms with van der Waals surface area (Å²) in [6.45, 7) is 4.54. The van der Waals surface area contributed by atoms with Crippen molar-refractivity contribution in [3.05, 3.63) is 11.3 Å². The molecule has 0 aromatic rings. The molecule has 4 bridgehead atoms. The molecule has 1 unspecified atom stereocenters. The Bertz CT molecular complexity index is 450. The quantitative estimate of drug-likeness (QED) is 0.768. The monoisotopic (exact) mass is 272 g/mol. The normalized spacial score (nSPS) is 49.2. The van der Waals surface area contributed by atoms with Gasteiger partial charge in [-0.05, 0) is 87.5 Å². The zero-order valence-corrected chi connectivity index (χ0v) is 13.0. The highest BCUT2D eigenvalue weighted by atomic mass is 14.9. The van der Waals surface area contributed by atoms with Gasteiger partial charge in [0.2, 0.25) is 0 Å². The highest BCUT2D eigenvalue weighted by Gasteiger charge is 2.51. The van der Waals surface area contributed by atoms with Crippen LogP contribution in [0.15, 0.2) is 16.3 Å². The second-order valence-electron chi connectivity index (χ2n) is 8.23. The fourth-order valence-electron chi connectivity index (χ4n) is 5.88. The van der Waals surface area contributed by atoms with Crippen molar-refractivity contribution in [1.82, 2.24) is 0 Å². The summed E-state index contributed by atoms with van der Waals surface area (Å²) in [5.41, 5.74) is 10.3. The summed E-state index contributed by atoms with van der Waals surface area (Å²) in [5.74, 6) is 3.54. The minimum Gasteiger partial charge on any atom is -0.402 e. The van der Waals surface area contributed by atoms with Gasteiger partial charge in [0.05, 0.1) is 5.54 Å². The molecular formula is C18H28N2. The summed E-state index contributed by atoms with van der Waals surface area (Å²) in [5, 5.41) is 0. The standard InChI is InChI=1S/C18H28N2/c1-11-3-4-16(19)12(2)17(11)20-18-8-13-5-14(9-18)7-15(6-13)10-18/h11,13-15H,3-10,19H2,1-2H3. The van der Waals surface area contributed by atoms with E-state index in [0.29, 0.717) is 11.5 Å². The van der Waals surface area contributed by atoms with Gasteiger partial charge in [-0.25, -0.2) is 0 Å². The van der Waals surface area contributed by atoms with E-state index in [1.165, 1.54) is 56.2 Å². The van der Waals surface area contributed by atoms with Gasteiger partial charge in [-0.15, -0.1) is 0 Å². The second kappa shape index (κ2) is 4.35. The van der Waals surface area contributed by atoms with Crippen LogP contribution in [-0.4, -0.2) is 11.3 Å². The van der Waals surface area contributed by atoms with Crippen LogP contribution in [-0.2, 0) is 0 Å². The van der Waals surface area contributed by atoms with Crippen molar-refractivity contribution in [2.24, 2.45) is 34.4 Å². The fraction of sp³-hybridized carbons (Fsp3) is 0.833. The summed E-state index contributed by atoms with van der Waals surface area (Å²) in [6.07, 6.45) is 10.8. The number of allylic oxidation sites excluding steroid dienone is 2. The van der Waals surface area contributed by atoms with E-state index in [1.54, 1.807) is 0 Å². The van der Waals surface area contributed by atoms with Gasteiger partial charge in [-0.3, -0.25) is 4.99 Å².